The molecule has 1 unspecified atom stereocenters. The number of hydrogen-bond donors (Lipinski definition) is 0. The summed E-state index contributed by atoms with van der Waals surface area (Å²) in [6.45, 7) is 6.08. The number of ether oxygens (including phenoxy) is 1. The van der Waals surface area contributed by atoms with E-state index in [4.69, 9.17) is 4.74 Å². The van der Waals surface area contributed by atoms with E-state index in [1.54, 1.807) is 6.20 Å². The van der Waals surface area contributed by atoms with Crippen LogP contribution in [-0.4, -0.2) is 27.1 Å². The van der Waals surface area contributed by atoms with Gasteiger partial charge in [-0.15, -0.1) is 5.10 Å². The minimum Gasteiger partial charge on any atom is -0.461 e. The summed E-state index contributed by atoms with van der Waals surface area (Å²) in [7, 11) is 0. The second-order valence-corrected chi connectivity index (χ2v) is 3.87. The number of aromatic nitrogens is 3. The molecule has 1 aromatic heterocycles. The van der Waals surface area contributed by atoms with Gasteiger partial charge in [0.15, 0.2) is 0 Å². The van der Waals surface area contributed by atoms with Crippen molar-refractivity contribution < 1.29 is 9.53 Å². The second-order valence-electron chi connectivity index (χ2n) is 3.87. The third-order valence-corrected chi connectivity index (χ3v) is 2.31. The van der Waals surface area contributed by atoms with Crippen LogP contribution in [0, 0.1) is 6.92 Å². The largest absolute Gasteiger partial charge is 0.461 e. The van der Waals surface area contributed by atoms with E-state index in [1.165, 1.54) is 4.68 Å². The van der Waals surface area contributed by atoms with Crippen LogP contribution in [0.1, 0.15) is 38.8 Å². The minimum atomic E-state index is -0.245. The molecule has 0 aliphatic carbocycles. The first-order valence-corrected chi connectivity index (χ1v) is 5.71. The standard InChI is InChI=1S/C11H19N3O2/c1-4-6-10(5-2)16-11(15)8-14-7-9(3)12-13-14/h7,10H,4-6,8H2,1-3H3. The molecule has 16 heavy (non-hydrogen) atoms. The fourth-order valence-electron chi connectivity index (χ4n) is 1.50. The number of nitrogens with zero attached hydrogens (tertiary/aromatic N) is 3. The first kappa shape index (κ1) is 12.7. The molecule has 0 aliphatic heterocycles. The number of esters is 1. The third kappa shape index (κ3) is 4.00. The SMILES string of the molecule is CCCC(CC)OC(=O)Cn1cc(C)nn1. The summed E-state index contributed by atoms with van der Waals surface area (Å²) >= 11 is 0. The summed E-state index contributed by atoms with van der Waals surface area (Å²) in [6, 6.07) is 0. The van der Waals surface area contributed by atoms with Crippen LogP contribution in [0.4, 0.5) is 0 Å². The van der Waals surface area contributed by atoms with E-state index in [-0.39, 0.29) is 18.6 Å². The number of rotatable bonds is 6. The molecule has 1 heterocycles. The van der Waals surface area contributed by atoms with E-state index in [1.807, 2.05) is 13.8 Å². The molecule has 5 nitrogen and oxygen atoms in total. The van der Waals surface area contributed by atoms with Gasteiger partial charge >= 0.3 is 5.97 Å². The molecule has 1 rings (SSSR count). The fraction of sp³-hybridized carbons (Fsp3) is 0.727. The van der Waals surface area contributed by atoms with Crippen LogP contribution in [-0.2, 0) is 16.1 Å². The average molecular weight is 225 g/mol. The molecule has 1 atom stereocenters. The van der Waals surface area contributed by atoms with Crippen molar-refractivity contribution in [1.29, 1.82) is 0 Å². The van der Waals surface area contributed by atoms with Gasteiger partial charge in [0.1, 0.15) is 12.6 Å². The molecular formula is C11H19N3O2. The van der Waals surface area contributed by atoms with Crippen LogP contribution < -0.4 is 0 Å². The van der Waals surface area contributed by atoms with Gasteiger partial charge in [0.25, 0.3) is 0 Å². The second kappa shape index (κ2) is 6.25. The van der Waals surface area contributed by atoms with E-state index >= 15 is 0 Å². The lowest BCUT2D eigenvalue weighted by Crippen LogP contribution is -2.21. The molecule has 0 saturated carbocycles. The molecule has 0 N–H and O–H groups in total. The van der Waals surface area contributed by atoms with E-state index in [9.17, 15) is 4.79 Å². The Kier molecular flexibility index (Phi) is 4.95. The predicted octanol–water partition coefficient (Wildman–Crippen LogP) is 1.71. The number of hydrogen-bond acceptors (Lipinski definition) is 4. The first-order chi connectivity index (χ1) is 7.65. The fourth-order valence-corrected chi connectivity index (χ4v) is 1.50. The average Bonchev–Trinajstić information content (AvgIpc) is 2.63. The molecule has 0 fully saturated rings. The normalized spacial score (nSPS) is 12.4. The zero-order chi connectivity index (χ0) is 12.0. The molecule has 0 amide bonds. The maximum atomic E-state index is 11.6. The van der Waals surface area contributed by atoms with Gasteiger partial charge in [-0.3, -0.25) is 4.79 Å². The van der Waals surface area contributed by atoms with Crippen molar-refractivity contribution in [1.82, 2.24) is 15.0 Å². The van der Waals surface area contributed by atoms with Crippen molar-refractivity contribution in [3.8, 4) is 0 Å². The summed E-state index contributed by atoms with van der Waals surface area (Å²) in [5.74, 6) is -0.245. The first-order valence-electron chi connectivity index (χ1n) is 5.71. The van der Waals surface area contributed by atoms with Crippen molar-refractivity contribution in [3.05, 3.63) is 11.9 Å². The lowest BCUT2D eigenvalue weighted by molar-refractivity contribution is -0.150. The van der Waals surface area contributed by atoms with Gasteiger partial charge in [-0.2, -0.15) is 0 Å². The van der Waals surface area contributed by atoms with Crippen LogP contribution in [0.25, 0.3) is 0 Å². The van der Waals surface area contributed by atoms with Gasteiger partial charge in [0, 0.05) is 6.20 Å². The predicted molar refractivity (Wildman–Crippen MR) is 59.8 cm³/mol. The Morgan fingerprint density at radius 1 is 1.56 bits per heavy atom. The lowest BCUT2D eigenvalue weighted by Gasteiger charge is -2.14. The van der Waals surface area contributed by atoms with Gasteiger partial charge < -0.3 is 4.74 Å². The number of carbonyl (C=O) groups is 1. The zero-order valence-corrected chi connectivity index (χ0v) is 10.1. The summed E-state index contributed by atoms with van der Waals surface area (Å²) in [5, 5.41) is 7.61. The van der Waals surface area contributed by atoms with Crippen molar-refractivity contribution in [2.45, 2.75) is 52.7 Å². The maximum absolute atomic E-state index is 11.6. The highest BCUT2D eigenvalue weighted by atomic mass is 16.5. The Bertz CT molecular complexity index is 336. The topological polar surface area (TPSA) is 57.0 Å². The number of carbonyl (C=O) groups excluding carboxylic acids is 1. The monoisotopic (exact) mass is 225 g/mol. The molecule has 0 radical (unpaired) electrons. The zero-order valence-electron chi connectivity index (χ0n) is 10.1. The Hall–Kier alpha value is -1.39. The van der Waals surface area contributed by atoms with Crippen molar-refractivity contribution in [2.24, 2.45) is 0 Å². The van der Waals surface area contributed by atoms with Gasteiger partial charge in [-0.1, -0.05) is 25.5 Å². The van der Waals surface area contributed by atoms with Crippen LogP contribution in [0.5, 0.6) is 0 Å². The minimum absolute atomic E-state index is 0.0297. The Balaban J connectivity index is 2.40. The van der Waals surface area contributed by atoms with Gasteiger partial charge in [0.2, 0.25) is 0 Å². The highest BCUT2D eigenvalue weighted by Crippen LogP contribution is 2.07. The summed E-state index contributed by atoms with van der Waals surface area (Å²) in [5.41, 5.74) is 0.799. The van der Waals surface area contributed by atoms with E-state index in [0.717, 1.165) is 25.0 Å². The Morgan fingerprint density at radius 3 is 2.81 bits per heavy atom. The summed E-state index contributed by atoms with van der Waals surface area (Å²) in [4.78, 5) is 11.6. The third-order valence-electron chi connectivity index (χ3n) is 2.31. The highest BCUT2D eigenvalue weighted by molar-refractivity contribution is 5.69. The van der Waals surface area contributed by atoms with E-state index < -0.39 is 0 Å². The molecule has 0 aliphatic rings. The molecular weight excluding hydrogens is 206 g/mol. The smallest absolute Gasteiger partial charge is 0.328 e. The summed E-state index contributed by atoms with van der Waals surface area (Å²) < 4.78 is 6.82. The molecule has 0 spiro atoms. The van der Waals surface area contributed by atoms with Crippen LogP contribution in [0.15, 0.2) is 6.20 Å². The Labute approximate surface area is 95.8 Å². The van der Waals surface area contributed by atoms with Crippen LogP contribution in [0.3, 0.4) is 0 Å². The van der Waals surface area contributed by atoms with Gasteiger partial charge in [0.05, 0.1) is 5.69 Å². The maximum Gasteiger partial charge on any atom is 0.328 e. The Morgan fingerprint density at radius 2 is 2.31 bits per heavy atom. The molecule has 0 aromatic carbocycles. The van der Waals surface area contributed by atoms with E-state index in [2.05, 4.69) is 17.2 Å². The van der Waals surface area contributed by atoms with Gasteiger partial charge in [-0.05, 0) is 19.8 Å². The van der Waals surface area contributed by atoms with Crippen molar-refractivity contribution >= 4 is 5.97 Å². The molecule has 0 bridgehead atoms. The summed E-state index contributed by atoms with van der Waals surface area (Å²) in [6.07, 6.45) is 4.55. The quantitative estimate of drug-likeness (QED) is 0.691. The number of aryl methyl sites for hydroxylation is 1. The molecule has 1 aromatic rings. The van der Waals surface area contributed by atoms with Crippen LogP contribution >= 0.6 is 0 Å². The van der Waals surface area contributed by atoms with Crippen molar-refractivity contribution in [3.63, 3.8) is 0 Å². The molecule has 5 heteroatoms. The highest BCUT2D eigenvalue weighted by Gasteiger charge is 2.12. The van der Waals surface area contributed by atoms with Gasteiger partial charge in [-0.25, -0.2) is 4.68 Å². The lowest BCUT2D eigenvalue weighted by atomic mass is 10.2. The molecule has 90 valence electrons. The van der Waals surface area contributed by atoms with Crippen LogP contribution in [0.2, 0.25) is 0 Å². The van der Waals surface area contributed by atoms with E-state index in [0.29, 0.717) is 0 Å². The van der Waals surface area contributed by atoms with Crippen molar-refractivity contribution in [2.75, 3.05) is 0 Å². The molecule has 0 saturated heterocycles.